The quantitative estimate of drug-likeness (QED) is 0.826. The summed E-state index contributed by atoms with van der Waals surface area (Å²) in [4.78, 5) is 11.4. The summed E-state index contributed by atoms with van der Waals surface area (Å²) in [5, 5.41) is 0. The van der Waals surface area contributed by atoms with Crippen molar-refractivity contribution in [2.75, 3.05) is 13.2 Å². The molecule has 82 valence electrons. The van der Waals surface area contributed by atoms with Gasteiger partial charge in [-0.1, -0.05) is 12.1 Å². The predicted octanol–water partition coefficient (Wildman–Crippen LogP) is 2.74. The van der Waals surface area contributed by atoms with Crippen LogP contribution in [0, 0.1) is 5.82 Å². The van der Waals surface area contributed by atoms with E-state index in [9.17, 15) is 9.18 Å². The lowest BCUT2D eigenvalue weighted by Crippen LogP contribution is -2.11. The van der Waals surface area contributed by atoms with Gasteiger partial charge >= 0.3 is 0 Å². The minimum Gasteiger partial charge on any atom is -0.374 e. The third-order valence-corrected chi connectivity index (χ3v) is 2.77. The molecule has 1 aromatic carbocycles. The topological polar surface area (TPSA) is 26.3 Å². The molecule has 0 saturated carbocycles. The minimum absolute atomic E-state index is 0.0526. The highest BCUT2D eigenvalue weighted by Crippen LogP contribution is 2.20. The molecule has 0 aliphatic carbocycles. The van der Waals surface area contributed by atoms with Crippen molar-refractivity contribution in [2.45, 2.75) is 13.3 Å². The number of carbonyl (C=O) groups is 1. The normalized spacial score (nSPS) is 10.3. The van der Waals surface area contributed by atoms with E-state index in [1.54, 1.807) is 12.1 Å². The number of rotatable bonds is 5. The summed E-state index contributed by atoms with van der Waals surface area (Å²) in [5.41, 5.74) is 0.653. The van der Waals surface area contributed by atoms with Crippen molar-refractivity contribution in [3.05, 3.63) is 34.1 Å². The molecule has 0 spiro atoms. The zero-order valence-corrected chi connectivity index (χ0v) is 10.0. The van der Waals surface area contributed by atoms with Crippen molar-refractivity contribution in [3.8, 4) is 0 Å². The Kier molecular flexibility index (Phi) is 4.91. The first-order valence-corrected chi connectivity index (χ1v) is 5.46. The summed E-state index contributed by atoms with van der Waals surface area (Å²) in [7, 11) is 0. The average Bonchev–Trinajstić information content (AvgIpc) is 2.22. The van der Waals surface area contributed by atoms with Gasteiger partial charge in [0.1, 0.15) is 12.4 Å². The molecule has 0 saturated heterocycles. The number of Topliss-reactive ketones (excluding diaryl/α,β-unsaturated/α-hetero) is 1. The van der Waals surface area contributed by atoms with Gasteiger partial charge in [0.15, 0.2) is 5.78 Å². The van der Waals surface area contributed by atoms with Crippen LogP contribution < -0.4 is 0 Å². The fourth-order valence-electron chi connectivity index (χ4n) is 1.16. The number of ether oxygens (including phenoxy) is 1. The van der Waals surface area contributed by atoms with Crippen molar-refractivity contribution in [1.29, 1.82) is 0 Å². The maximum atomic E-state index is 13.1. The molecule has 1 aromatic rings. The number of benzene rings is 1. The highest BCUT2D eigenvalue weighted by Gasteiger charge is 2.09. The Morgan fingerprint density at radius 3 is 2.93 bits per heavy atom. The molecule has 0 fully saturated rings. The van der Waals surface area contributed by atoms with Crippen LogP contribution in [0.5, 0.6) is 0 Å². The summed E-state index contributed by atoms with van der Waals surface area (Å²) in [6.45, 7) is 2.42. The summed E-state index contributed by atoms with van der Waals surface area (Å²) in [5.74, 6) is -0.403. The summed E-state index contributed by atoms with van der Waals surface area (Å²) >= 11 is 3.11. The van der Waals surface area contributed by atoms with Crippen LogP contribution in [0.15, 0.2) is 22.7 Å². The summed E-state index contributed by atoms with van der Waals surface area (Å²) in [6, 6.07) is 4.65. The lowest BCUT2D eigenvalue weighted by Gasteiger charge is -2.04. The van der Waals surface area contributed by atoms with Crippen LogP contribution in [0.3, 0.4) is 0 Å². The Balaban J connectivity index is 2.64. The molecule has 15 heavy (non-hydrogen) atoms. The Hall–Kier alpha value is -0.740. The second kappa shape index (κ2) is 5.98. The van der Waals surface area contributed by atoms with Gasteiger partial charge in [-0.3, -0.25) is 4.79 Å². The van der Waals surface area contributed by atoms with E-state index in [1.807, 2.05) is 6.92 Å². The first-order valence-electron chi connectivity index (χ1n) is 4.67. The highest BCUT2D eigenvalue weighted by molar-refractivity contribution is 9.10. The van der Waals surface area contributed by atoms with Gasteiger partial charge in [0.05, 0.1) is 4.47 Å². The van der Waals surface area contributed by atoms with Gasteiger partial charge in [0, 0.05) is 13.0 Å². The lowest BCUT2D eigenvalue weighted by atomic mass is 10.1. The average molecular weight is 275 g/mol. The number of carbonyl (C=O) groups excluding carboxylic acids is 1. The van der Waals surface area contributed by atoms with Crippen molar-refractivity contribution >= 4 is 21.7 Å². The van der Waals surface area contributed by atoms with Gasteiger partial charge < -0.3 is 4.74 Å². The molecular formula is C11H12BrFO2. The van der Waals surface area contributed by atoms with Gasteiger partial charge in [0.25, 0.3) is 0 Å². The highest BCUT2D eigenvalue weighted by atomic mass is 79.9. The van der Waals surface area contributed by atoms with Crippen molar-refractivity contribution < 1.29 is 13.9 Å². The van der Waals surface area contributed by atoms with E-state index in [4.69, 9.17) is 4.74 Å². The molecule has 0 bridgehead atoms. The van der Waals surface area contributed by atoms with Crippen molar-refractivity contribution in [2.24, 2.45) is 0 Å². The summed E-state index contributed by atoms with van der Waals surface area (Å²) in [6.07, 6.45) is 0.193. The van der Waals surface area contributed by atoms with Gasteiger partial charge in [-0.15, -0.1) is 0 Å². The zero-order chi connectivity index (χ0) is 11.3. The molecule has 1 rings (SSSR count). The van der Waals surface area contributed by atoms with Crippen LogP contribution in [0.4, 0.5) is 4.39 Å². The fraction of sp³-hybridized carbons (Fsp3) is 0.364. The molecule has 0 unspecified atom stereocenters. The smallest absolute Gasteiger partial charge is 0.162 e. The van der Waals surface area contributed by atoms with Crippen LogP contribution in [0.2, 0.25) is 0 Å². The minimum atomic E-state index is -0.350. The van der Waals surface area contributed by atoms with Crippen LogP contribution in [0.25, 0.3) is 0 Å². The number of halogens is 2. The van der Waals surface area contributed by atoms with Gasteiger partial charge in [0.2, 0.25) is 0 Å². The Morgan fingerprint density at radius 2 is 2.27 bits per heavy atom. The molecule has 0 aliphatic rings. The van der Waals surface area contributed by atoms with Crippen LogP contribution >= 0.6 is 15.9 Å². The first-order chi connectivity index (χ1) is 7.15. The van der Waals surface area contributed by atoms with Gasteiger partial charge in [-0.25, -0.2) is 4.39 Å². The van der Waals surface area contributed by atoms with Crippen LogP contribution in [-0.2, 0) is 16.0 Å². The molecule has 0 amide bonds. The molecule has 0 radical (unpaired) electrons. The number of ketones is 1. The summed E-state index contributed by atoms with van der Waals surface area (Å²) < 4.78 is 18.4. The third kappa shape index (κ3) is 3.72. The van der Waals surface area contributed by atoms with E-state index in [-0.39, 0.29) is 24.6 Å². The van der Waals surface area contributed by atoms with Gasteiger partial charge in [-0.2, -0.15) is 0 Å². The molecule has 0 aromatic heterocycles. The molecule has 0 atom stereocenters. The van der Waals surface area contributed by atoms with E-state index in [0.29, 0.717) is 16.6 Å². The van der Waals surface area contributed by atoms with E-state index in [1.165, 1.54) is 6.07 Å². The maximum absolute atomic E-state index is 13.1. The van der Waals surface area contributed by atoms with E-state index in [2.05, 4.69) is 15.9 Å². The second-order valence-electron chi connectivity index (χ2n) is 3.07. The maximum Gasteiger partial charge on any atom is 0.162 e. The Bertz CT molecular complexity index is 352. The molecular weight excluding hydrogens is 263 g/mol. The number of hydrogen-bond acceptors (Lipinski definition) is 2. The van der Waals surface area contributed by atoms with Crippen molar-refractivity contribution in [1.82, 2.24) is 0 Å². The SMILES string of the molecule is CCOCC(=O)Cc1cccc(F)c1Br. The van der Waals surface area contributed by atoms with E-state index < -0.39 is 0 Å². The Labute approximate surface area is 96.6 Å². The lowest BCUT2D eigenvalue weighted by molar-refractivity contribution is -0.122. The second-order valence-corrected chi connectivity index (χ2v) is 3.86. The van der Waals surface area contributed by atoms with E-state index >= 15 is 0 Å². The molecule has 2 nitrogen and oxygen atoms in total. The third-order valence-electron chi connectivity index (χ3n) is 1.89. The fourth-order valence-corrected chi connectivity index (χ4v) is 1.57. The zero-order valence-electron chi connectivity index (χ0n) is 8.43. The van der Waals surface area contributed by atoms with Crippen LogP contribution in [0.1, 0.15) is 12.5 Å². The Morgan fingerprint density at radius 1 is 1.53 bits per heavy atom. The molecule has 0 heterocycles. The standard InChI is InChI=1S/C11H12BrFO2/c1-2-15-7-9(14)6-8-4-3-5-10(13)11(8)12/h3-5H,2,6-7H2,1H3. The monoisotopic (exact) mass is 274 g/mol. The van der Waals surface area contributed by atoms with E-state index in [0.717, 1.165) is 0 Å². The predicted molar refractivity (Wildman–Crippen MR) is 59.3 cm³/mol. The first kappa shape index (κ1) is 12.3. The van der Waals surface area contributed by atoms with Crippen molar-refractivity contribution in [3.63, 3.8) is 0 Å². The molecule has 4 heteroatoms. The molecule has 0 aliphatic heterocycles. The van der Waals surface area contributed by atoms with Gasteiger partial charge in [-0.05, 0) is 34.5 Å². The van der Waals surface area contributed by atoms with Crippen LogP contribution in [-0.4, -0.2) is 19.0 Å². The largest absolute Gasteiger partial charge is 0.374 e. The molecule has 0 N–H and O–H groups in total. The number of hydrogen-bond donors (Lipinski definition) is 0.